The maximum Gasteiger partial charge on any atom is 0.573 e. The van der Waals surface area contributed by atoms with Crippen molar-refractivity contribution in [1.29, 1.82) is 0 Å². The highest BCUT2D eigenvalue weighted by Crippen LogP contribution is 2.22. The van der Waals surface area contributed by atoms with Crippen LogP contribution in [0.1, 0.15) is 13.3 Å². The van der Waals surface area contributed by atoms with Gasteiger partial charge in [-0.05, 0) is 25.5 Å². The second-order valence-electron chi connectivity index (χ2n) is 3.21. The summed E-state index contributed by atoms with van der Waals surface area (Å²) in [6, 6.07) is 2.66. The van der Waals surface area contributed by atoms with Gasteiger partial charge in [-0.25, -0.2) is 4.98 Å². The minimum Gasteiger partial charge on any atom is -0.404 e. The fourth-order valence-electron chi connectivity index (χ4n) is 1.13. The Balaban J connectivity index is 2.45. The van der Waals surface area contributed by atoms with E-state index in [-0.39, 0.29) is 5.75 Å². The molecule has 1 N–H and O–H groups in total. The van der Waals surface area contributed by atoms with E-state index in [4.69, 9.17) is 0 Å². The van der Waals surface area contributed by atoms with Gasteiger partial charge in [-0.3, -0.25) is 0 Å². The number of alkyl halides is 3. The van der Waals surface area contributed by atoms with Crippen LogP contribution in [0.25, 0.3) is 0 Å². The molecule has 0 amide bonds. The Bertz CT molecular complexity index is 360. The molecule has 3 nitrogen and oxygen atoms in total. The molecule has 1 aromatic heterocycles. The molecule has 0 atom stereocenters. The summed E-state index contributed by atoms with van der Waals surface area (Å²) in [5.74, 6) is 0.195. The molecule has 0 radical (unpaired) electrons. The van der Waals surface area contributed by atoms with Crippen molar-refractivity contribution in [3.05, 3.63) is 30.5 Å². The Hall–Kier alpha value is -1.72. The molecular formula is C11H13F3N2O. The standard InChI is InChI=1S/C11H13F3N2O/c1-2-3-4-7-15-10-6-5-9(8-16-10)17-11(12,13)14/h2-3,5-6,8H,4,7H2,1H3,(H,15,16)/b3-2+. The van der Waals surface area contributed by atoms with Gasteiger partial charge in [0.05, 0.1) is 6.20 Å². The van der Waals surface area contributed by atoms with Gasteiger partial charge in [0.2, 0.25) is 0 Å². The van der Waals surface area contributed by atoms with Crippen molar-refractivity contribution in [3.63, 3.8) is 0 Å². The first kappa shape index (κ1) is 13.3. The second kappa shape index (κ2) is 6.12. The van der Waals surface area contributed by atoms with Crippen molar-refractivity contribution < 1.29 is 17.9 Å². The van der Waals surface area contributed by atoms with Gasteiger partial charge < -0.3 is 10.1 Å². The van der Waals surface area contributed by atoms with Crippen LogP contribution in [0.2, 0.25) is 0 Å². The molecule has 0 bridgehead atoms. The van der Waals surface area contributed by atoms with E-state index < -0.39 is 6.36 Å². The van der Waals surface area contributed by atoms with Crippen LogP contribution < -0.4 is 10.1 Å². The number of halogens is 3. The van der Waals surface area contributed by atoms with Crippen LogP contribution in [0.4, 0.5) is 19.0 Å². The Morgan fingerprint density at radius 3 is 2.71 bits per heavy atom. The highest BCUT2D eigenvalue weighted by molar-refractivity contribution is 5.37. The zero-order valence-electron chi connectivity index (χ0n) is 9.29. The molecule has 0 aliphatic heterocycles. The summed E-state index contributed by atoms with van der Waals surface area (Å²) in [5, 5.41) is 2.97. The highest BCUT2D eigenvalue weighted by atomic mass is 19.4. The minimum absolute atomic E-state index is 0.323. The number of nitrogens with zero attached hydrogens (tertiary/aromatic N) is 1. The molecule has 1 heterocycles. The number of aromatic nitrogens is 1. The van der Waals surface area contributed by atoms with Crippen molar-refractivity contribution in [3.8, 4) is 5.75 Å². The van der Waals surface area contributed by atoms with E-state index in [1.54, 1.807) is 0 Å². The Morgan fingerprint density at radius 2 is 2.18 bits per heavy atom. The van der Waals surface area contributed by atoms with Crippen LogP contribution in [0, 0.1) is 0 Å². The summed E-state index contributed by atoms with van der Waals surface area (Å²) < 4.78 is 39.3. The predicted octanol–water partition coefficient (Wildman–Crippen LogP) is 3.36. The summed E-state index contributed by atoms with van der Waals surface area (Å²) in [6.07, 6.45) is 1.09. The van der Waals surface area contributed by atoms with Gasteiger partial charge in [0.1, 0.15) is 11.6 Å². The first-order valence-corrected chi connectivity index (χ1v) is 5.08. The summed E-state index contributed by atoms with van der Waals surface area (Å²) in [7, 11) is 0. The molecule has 0 fully saturated rings. The molecule has 0 saturated heterocycles. The lowest BCUT2D eigenvalue weighted by Crippen LogP contribution is -2.17. The van der Waals surface area contributed by atoms with E-state index in [2.05, 4.69) is 15.0 Å². The molecule has 6 heteroatoms. The van der Waals surface area contributed by atoms with E-state index in [0.29, 0.717) is 12.4 Å². The van der Waals surface area contributed by atoms with Crippen molar-refractivity contribution in [2.45, 2.75) is 19.7 Å². The lowest BCUT2D eigenvalue weighted by Gasteiger charge is -2.09. The average Bonchev–Trinajstić information content (AvgIpc) is 2.25. The van der Waals surface area contributed by atoms with Crippen molar-refractivity contribution in [2.75, 3.05) is 11.9 Å². The normalized spacial score (nSPS) is 11.8. The number of anilines is 1. The van der Waals surface area contributed by atoms with Gasteiger partial charge in [0.15, 0.2) is 0 Å². The number of allylic oxidation sites excluding steroid dienone is 1. The number of hydrogen-bond acceptors (Lipinski definition) is 3. The number of pyridine rings is 1. The fraction of sp³-hybridized carbons (Fsp3) is 0.364. The molecule has 0 aliphatic rings. The third-order valence-electron chi connectivity index (χ3n) is 1.82. The SMILES string of the molecule is C/C=C/CCNc1ccc(OC(F)(F)F)cn1. The molecule has 1 aromatic rings. The van der Waals surface area contributed by atoms with Crippen molar-refractivity contribution in [2.24, 2.45) is 0 Å². The minimum atomic E-state index is -4.68. The highest BCUT2D eigenvalue weighted by Gasteiger charge is 2.31. The molecular weight excluding hydrogens is 233 g/mol. The third kappa shape index (κ3) is 5.79. The zero-order valence-corrected chi connectivity index (χ0v) is 9.29. The van der Waals surface area contributed by atoms with Gasteiger partial charge in [-0.15, -0.1) is 13.2 Å². The van der Waals surface area contributed by atoms with Crippen LogP contribution in [-0.4, -0.2) is 17.9 Å². The lowest BCUT2D eigenvalue weighted by molar-refractivity contribution is -0.274. The molecule has 0 spiro atoms. The van der Waals surface area contributed by atoms with E-state index in [0.717, 1.165) is 12.6 Å². The maximum absolute atomic E-state index is 11.9. The first-order valence-electron chi connectivity index (χ1n) is 5.08. The quantitative estimate of drug-likeness (QED) is 0.639. The maximum atomic E-state index is 11.9. The lowest BCUT2D eigenvalue weighted by atomic mass is 10.3. The van der Waals surface area contributed by atoms with Gasteiger partial charge in [0, 0.05) is 6.54 Å². The van der Waals surface area contributed by atoms with Crippen LogP contribution in [0.15, 0.2) is 30.5 Å². The van der Waals surface area contributed by atoms with Crippen LogP contribution in [0.3, 0.4) is 0 Å². The van der Waals surface area contributed by atoms with E-state index in [9.17, 15) is 13.2 Å². The summed E-state index contributed by atoms with van der Waals surface area (Å²) in [5.41, 5.74) is 0. The molecule has 0 aromatic carbocycles. The Labute approximate surface area is 97.3 Å². The predicted molar refractivity (Wildman–Crippen MR) is 58.8 cm³/mol. The third-order valence-corrected chi connectivity index (χ3v) is 1.82. The van der Waals surface area contributed by atoms with Gasteiger partial charge in [-0.2, -0.15) is 0 Å². The summed E-state index contributed by atoms with van der Waals surface area (Å²) in [4.78, 5) is 3.80. The van der Waals surface area contributed by atoms with E-state index in [1.807, 2.05) is 19.1 Å². The number of rotatable bonds is 5. The van der Waals surface area contributed by atoms with Crippen LogP contribution in [0.5, 0.6) is 5.75 Å². The van der Waals surface area contributed by atoms with Crippen molar-refractivity contribution >= 4 is 5.82 Å². The fourth-order valence-corrected chi connectivity index (χ4v) is 1.13. The molecule has 0 saturated carbocycles. The number of nitrogens with one attached hydrogen (secondary N) is 1. The van der Waals surface area contributed by atoms with Crippen LogP contribution >= 0.6 is 0 Å². The Kier molecular flexibility index (Phi) is 4.81. The topological polar surface area (TPSA) is 34.1 Å². The zero-order chi connectivity index (χ0) is 12.7. The molecule has 0 aliphatic carbocycles. The van der Waals surface area contributed by atoms with E-state index >= 15 is 0 Å². The van der Waals surface area contributed by atoms with Crippen molar-refractivity contribution in [1.82, 2.24) is 4.98 Å². The molecule has 17 heavy (non-hydrogen) atoms. The second-order valence-corrected chi connectivity index (χ2v) is 3.21. The smallest absolute Gasteiger partial charge is 0.404 e. The van der Waals surface area contributed by atoms with Gasteiger partial charge in [-0.1, -0.05) is 12.2 Å². The molecule has 0 unspecified atom stereocenters. The Morgan fingerprint density at radius 1 is 1.41 bits per heavy atom. The van der Waals surface area contributed by atoms with Crippen LogP contribution in [-0.2, 0) is 0 Å². The summed E-state index contributed by atoms with van der Waals surface area (Å²) in [6.45, 7) is 2.60. The summed E-state index contributed by atoms with van der Waals surface area (Å²) >= 11 is 0. The largest absolute Gasteiger partial charge is 0.573 e. The number of ether oxygens (including phenoxy) is 1. The average molecular weight is 246 g/mol. The number of hydrogen-bond donors (Lipinski definition) is 1. The molecule has 94 valence electrons. The monoisotopic (exact) mass is 246 g/mol. The molecule has 1 rings (SSSR count). The first-order chi connectivity index (χ1) is 8.01. The van der Waals surface area contributed by atoms with E-state index in [1.165, 1.54) is 12.1 Å². The van der Waals surface area contributed by atoms with Gasteiger partial charge >= 0.3 is 6.36 Å². The van der Waals surface area contributed by atoms with Gasteiger partial charge in [0.25, 0.3) is 0 Å².